The monoisotopic (exact) mass is 544 g/mol. The minimum atomic E-state index is 0. The maximum Gasteiger partial charge on any atom is 3.00 e. The summed E-state index contributed by atoms with van der Waals surface area (Å²) in [5, 5.41) is 20.8. The topological polar surface area (TPSA) is 75.5 Å². The standard InChI is InChI=1S/C24H20N2O3.3ClH.Mn/c1-15-7-3-8-16(23(15)27)18-10-5-12-20(25-18)21-13-6-11-19(26-21)17-9-4-14-22(29-2)24(17)28;;;;/h3-14,27-28H,1-2H3;3*1H;/q;;;;+3/p-3. The third kappa shape index (κ3) is 6.32. The zero-order chi connectivity index (χ0) is 20.4. The Kier molecular flexibility index (Phi) is 12.3. The molecule has 2 N–H and O–H groups in total. The summed E-state index contributed by atoms with van der Waals surface area (Å²) >= 11 is 0. The van der Waals surface area contributed by atoms with Crippen LogP contribution in [0.2, 0.25) is 0 Å². The SMILES string of the molecule is COc1cccc(-c2cccc(-c3cccc(-c4cccc(C)c4O)n3)n2)c1O.[Cl-].[Cl-].[Cl-].[Mn+3]. The summed E-state index contributed by atoms with van der Waals surface area (Å²) in [5.74, 6) is 0.663. The number of phenols is 2. The van der Waals surface area contributed by atoms with Gasteiger partial charge in [0.15, 0.2) is 11.5 Å². The van der Waals surface area contributed by atoms with E-state index in [9.17, 15) is 10.2 Å². The first-order valence-corrected chi connectivity index (χ1v) is 9.18. The molecule has 2 aromatic carbocycles. The van der Waals surface area contributed by atoms with Crippen LogP contribution in [0.3, 0.4) is 0 Å². The number of pyridine rings is 2. The number of aromatic nitrogens is 2. The maximum absolute atomic E-state index is 10.4. The average Bonchev–Trinajstić information content (AvgIpc) is 2.76. The van der Waals surface area contributed by atoms with E-state index >= 15 is 0 Å². The van der Waals surface area contributed by atoms with E-state index in [2.05, 4.69) is 4.98 Å². The van der Waals surface area contributed by atoms with E-state index < -0.39 is 0 Å². The molecule has 9 heteroatoms. The molecule has 0 bridgehead atoms. The van der Waals surface area contributed by atoms with Gasteiger partial charge in [0.05, 0.1) is 29.9 Å². The van der Waals surface area contributed by atoms with Gasteiger partial charge in [-0.3, -0.25) is 0 Å². The fourth-order valence-electron chi connectivity index (χ4n) is 3.21. The van der Waals surface area contributed by atoms with E-state index in [0.717, 1.165) is 5.56 Å². The van der Waals surface area contributed by atoms with Crippen LogP contribution >= 0.6 is 0 Å². The van der Waals surface area contributed by atoms with Crippen LogP contribution in [-0.4, -0.2) is 27.3 Å². The number of phenolic OH excluding ortho intramolecular Hbond substituents is 2. The van der Waals surface area contributed by atoms with Crippen molar-refractivity contribution in [3.8, 4) is 51.2 Å². The molecule has 33 heavy (non-hydrogen) atoms. The van der Waals surface area contributed by atoms with E-state index in [4.69, 9.17) is 9.72 Å². The molecule has 0 unspecified atom stereocenters. The van der Waals surface area contributed by atoms with Crippen LogP contribution in [0.25, 0.3) is 33.9 Å². The van der Waals surface area contributed by atoms with Gasteiger partial charge >= 0.3 is 17.1 Å². The first kappa shape index (κ1) is 30.5. The first-order valence-electron chi connectivity index (χ1n) is 9.18. The predicted octanol–water partition coefficient (Wildman–Crippen LogP) is -3.78. The summed E-state index contributed by atoms with van der Waals surface area (Å²) in [6.07, 6.45) is 0. The van der Waals surface area contributed by atoms with E-state index in [1.54, 1.807) is 12.1 Å². The molecule has 0 aliphatic rings. The Bertz CT molecular complexity index is 1210. The molecule has 0 radical (unpaired) electrons. The summed E-state index contributed by atoms with van der Waals surface area (Å²) in [5.41, 5.74) is 4.67. The second-order valence-electron chi connectivity index (χ2n) is 6.64. The number of hydrogen-bond donors (Lipinski definition) is 2. The van der Waals surface area contributed by atoms with Gasteiger partial charge in [0.2, 0.25) is 0 Å². The van der Waals surface area contributed by atoms with Crippen molar-refractivity contribution in [2.24, 2.45) is 0 Å². The normalized spacial score (nSPS) is 9.39. The van der Waals surface area contributed by atoms with Crippen molar-refractivity contribution >= 4 is 0 Å². The molecule has 4 aromatic rings. The molecule has 0 aliphatic heterocycles. The molecule has 0 spiro atoms. The van der Waals surface area contributed by atoms with E-state index in [-0.39, 0.29) is 65.8 Å². The molecule has 0 saturated carbocycles. The smallest absolute Gasteiger partial charge is 1.00 e. The number of hydrogen-bond acceptors (Lipinski definition) is 5. The molecular weight excluding hydrogens is 526 g/mol. The molecule has 172 valence electrons. The number of benzene rings is 2. The van der Waals surface area contributed by atoms with Crippen LogP contribution in [0.5, 0.6) is 17.2 Å². The molecule has 0 saturated heterocycles. The molecule has 4 rings (SSSR count). The largest absolute Gasteiger partial charge is 3.00 e. The molecule has 0 amide bonds. The van der Waals surface area contributed by atoms with Gasteiger partial charge in [-0.15, -0.1) is 0 Å². The van der Waals surface area contributed by atoms with Gasteiger partial charge in [-0.1, -0.05) is 30.3 Å². The Labute approximate surface area is 222 Å². The van der Waals surface area contributed by atoms with Gasteiger partial charge in [-0.25, -0.2) is 9.97 Å². The van der Waals surface area contributed by atoms with Crippen LogP contribution in [0.1, 0.15) is 5.56 Å². The summed E-state index contributed by atoms with van der Waals surface area (Å²) < 4.78 is 5.19. The summed E-state index contributed by atoms with van der Waals surface area (Å²) in [7, 11) is 1.51. The number of aryl methyl sites for hydroxylation is 1. The van der Waals surface area contributed by atoms with Gasteiger partial charge < -0.3 is 52.2 Å². The first-order chi connectivity index (χ1) is 14.1. The number of rotatable bonds is 4. The Morgan fingerprint density at radius 3 is 1.55 bits per heavy atom. The van der Waals surface area contributed by atoms with E-state index in [1.165, 1.54) is 7.11 Å². The maximum atomic E-state index is 10.4. The molecule has 0 atom stereocenters. The van der Waals surface area contributed by atoms with Crippen LogP contribution in [-0.2, 0) is 17.1 Å². The van der Waals surface area contributed by atoms with Gasteiger partial charge in [-0.05, 0) is 55.0 Å². The third-order valence-corrected chi connectivity index (χ3v) is 4.77. The van der Waals surface area contributed by atoms with Crippen molar-refractivity contribution in [2.75, 3.05) is 7.11 Å². The van der Waals surface area contributed by atoms with Gasteiger partial charge in [-0.2, -0.15) is 0 Å². The molecule has 0 aliphatic carbocycles. The Hall–Kier alpha value is -2.47. The number of para-hydroxylation sites is 2. The molecule has 0 fully saturated rings. The third-order valence-electron chi connectivity index (χ3n) is 4.77. The van der Waals surface area contributed by atoms with Crippen molar-refractivity contribution in [1.82, 2.24) is 9.97 Å². The van der Waals surface area contributed by atoms with Crippen molar-refractivity contribution in [2.45, 2.75) is 6.92 Å². The minimum absolute atomic E-state index is 0. The van der Waals surface area contributed by atoms with Crippen LogP contribution in [0.15, 0.2) is 72.8 Å². The van der Waals surface area contributed by atoms with Gasteiger partial charge in [0, 0.05) is 11.1 Å². The number of nitrogens with zero attached hydrogens (tertiary/aromatic N) is 2. The summed E-state index contributed by atoms with van der Waals surface area (Å²) in [4.78, 5) is 9.38. The van der Waals surface area contributed by atoms with Crippen molar-refractivity contribution in [3.63, 3.8) is 0 Å². The van der Waals surface area contributed by atoms with Crippen LogP contribution in [0.4, 0.5) is 0 Å². The molecule has 2 aromatic heterocycles. The summed E-state index contributed by atoms with van der Waals surface area (Å²) in [6, 6.07) is 22.1. The Morgan fingerprint density at radius 1 is 0.606 bits per heavy atom. The predicted molar refractivity (Wildman–Crippen MR) is 113 cm³/mol. The van der Waals surface area contributed by atoms with E-state index in [1.807, 2.05) is 67.6 Å². The van der Waals surface area contributed by atoms with Crippen LogP contribution in [0, 0.1) is 6.92 Å². The second-order valence-corrected chi connectivity index (χ2v) is 6.64. The quantitative estimate of drug-likeness (QED) is 0.258. The number of ether oxygens (including phenoxy) is 1. The second kappa shape index (κ2) is 13.3. The number of methoxy groups -OCH3 is 1. The van der Waals surface area contributed by atoms with Crippen LogP contribution < -0.4 is 42.0 Å². The zero-order valence-electron chi connectivity index (χ0n) is 17.6. The average molecular weight is 546 g/mol. The van der Waals surface area contributed by atoms with Crippen molar-refractivity contribution in [3.05, 3.63) is 78.4 Å². The molecule has 5 nitrogen and oxygen atoms in total. The Balaban J connectivity index is 0.00000256. The van der Waals surface area contributed by atoms with Crippen molar-refractivity contribution in [1.29, 1.82) is 0 Å². The number of aromatic hydroxyl groups is 2. The van der Waals surface area contributed by atoms with E-state index in [0.29, 0.717) is 39.7 Å². The fourth-order valence-corrected chi connectivity index (χ4v) is 3.21. The summed E-state index contributed by atoms with van der Waals surface area (Å²) in [6.45, 7) is 1.86. The van der Waals surface area contributed by atoms with Gasteiger partial charge in [0.25, 0.3) is 0 Å². The van der Waals surface area contributed by atoms with Gasteiger partial charge in [0.1, 0.15) is 5.75 Å². The number of halogens is 3. The minimum Gasteiger partial charge on any atom is -1.00 e. The fraction of sp³-hybridized carbons (Fsp3) is 0.0833. The zero-order valence-corrected chi connectivity index (χ0v) is 21.1. The van der Waals surface area contributed by atoms with Crippen molar-refractivity contribution < 1.29 is 69.2 Å². The molecule has 2 heterocycles. The molecular formula is C24H20Cl3MnN2O3. The Morgan fingerprint density at radius 2 is 1.03 bits per heavy atom.